The Labute approximate surface area is 184 Å². The number of anilines is 1. The second-order valence-electron chi connectivity index (χ2n) is 7.40. The lowest BCUT2D eigenvalue weighted by Gasteiger charge is -2.20. The molecule has 0 heterocycles. The van der Waals surface area contributed by atoms with Crippen LogP contribution in [0.3, 0.4) is 0 Å². The van der Waals surface area contributed by atoms with Gasteiger partial charge in [0.1, 0.15) is 5.75 Å². The second-order valence-corrected chi connectivity index (χ2v) is 7.84. The highest BCUT2D eigenvalue weighted by Crippen LogP contribution is 2.26. The molecule has 0 bridgehead atoms. The Balaban J connectivity index is 1.77. The number of rotatable bonds is 10. The van der Waals surface area contributed by atoms with E-state index in [1.807, 2.05) is 48.5 Å². The molecule has 0 saturated carbocycles. The van der Waals surface area contributed by atoms with Crippen molar-refractivity contribution in [1.82, 2.24) is 0 Å². The number of benzene rings is 3. The zero-order valence-corrected chi connectivity index (χ0v) is 18.3. The number of ketones is 1. The van der Waals surface area contributed by atoms with Gasteiger partial charge < -0.3 is 10.1 Å². The third-order valence-electron chi connectivity index (χ3n) is 5.19. The van der Waals surface area contributed by atoms with E-state index in [1.54, 1.807) is 7.11 Å². The van der Waals surface area contributed by atoms with E-state index < -0.39 is 0 Å². The van der Waals surface area contributed by atoms with Crippen LogP contribution in [0.15, 0.2) is 72.8 Å². The molecule has 3 nitrogen and oxygen atoms in total. The van der Waals surface area contributed by atoms with Gasteiger partial charge in [-0.2, -0.15) is 0 Å². The fourth-order valence-corrected chi connectivity index (χ4v) is 3.50. The number of aryl methyl sites for hydroxylation is 1. The van der Waals surface area contributed by atoms with Crippen molar-refractivity contribution in [3.8, 4) is 5.75 Å². The van der Waals surface area contributed by atoms with Gasteiger partial charge in [-0.25, -0.2) is 0 Å². The Hall–Kier alpha value is -2.78. The zero-order valence-electron chi connectivity index (χ0n) is 17.5. The maximum Gasteiger partial charge on any atom is 0.165 e. The van der Waals surface area contributed by atoms with Crippen LogP contribution >= 0.6 is 11.6 Å². The van der Waals surface area contributed by atoms with Gasteiger partial charge in [-0.05, 0) is 72.5 Å². The van der Waals surface area contributed by atoms with E-state index >= 15 is 0 Å². The summed E-state index contributed by atoms with van der Waals surface area (Å²) in [6.45, 7) is 2.20. The molecule has 0 radical (unpaired) electrons. The molecule has 4 heteroatoms. The summed E-state index contributed by atoms with van der Waals surface area (Å²) in [5.74, 6) is 0.812. The summed E-state index contributed by atoms with van der Waals surface area (Å²) in [6, 6.07) is 23.2. The van der Waals surface area contributed by atoms with Crippen LogP contribution in [-0.2, 0) is 6.42 Å². The number of methoxy groups -OCH3 is 1. The third-order valence-corrected chi connectivity index (χ3v) is 5.44. The van der Waals surface area contributed by atoms with Crippen molar-refractivity contribution in [2.45, 2.75) is 38.6 Å². The normalized spacial score (nSPS) is 11.7. The second kappa shape index (κ2) is 10.8. The van der Waals surface area contributed by atoms with E-state index in [0.717, 1.165) is 23.4 Å². The molecule has 0 aliphatic rings. The first-order valence-corrected chi connectivity index (χ1v) is 10.7. The molecule has 3 rings (SSSR count). The smallest absolute Gasteiger partial charge is 0.165 e. The lowest BCUT2D eigenvalue weighted by molar-refractivity contribution is 0.0976. The van der Waals surface area contributed by atoms with E-state index in [2.05, 4.69) is 36.5 Å². The van der Waals surface area contributed by atoms with Crippen LogP contribution in [0.5, 0.6) is 5.75 Å². The highest BCUT2D eigenvalue weighted by Gasteiger charge is 2.18. The number of nitrogens with one attached hydrogen (secondary N) is 1. The molecule has 156 valence electrons. The minimum absolute atomic E-state index is 0.0738. The Kier molecular flexibility index (Phi) is 7.92. The Morgan fingerprint density at radius 2 is 1.63 bits per heavy atom. The van der Waals surface area contributed by atoms with Gasteiger partial charge in [-0.15, -0.1) is 0 Å². The summed E-state index contributed by atoms with van der Waals surface area (Å²) in [7, 11) is 1.62. The first-order chi connectivity index (χ1) is 14.6. The number of unbranched alkanes of at least 4 members (excludes halogenated alkanes) is 1. The first-order valence-electron chi connectivity index (χ1n) is 10.4. The standard InChI is InChI=1S/C26H28ClNO2/c1-3-4-5-19-6-14-23(15-7-19)28-25(20-8-12-22(27)13-9-20)18-26(29)21-10-16-24(30-2)17-11-21/h6-17,25,28H,3-5,18H2,1-2H3. The van der Waals surface area contributed by atoms with Crippen LogP contribution in [-0.4, -0.2) is 12.9 Å². The Morgan fingerprint density at radius 1 is 0.967 bits per heavy atom. The number of carbonyl (C=O) groups is 1. The number of hydrogen-bond donors (Lipinski definition) is 1. The fraction of sp³-hybridized carbons (Fsp3) is 0.269. The molecule has 0 saturated heterocycles. The minimum Gasteiger partial charge on any atom is -0.497 e. The van der Waals surface area contributed by atoms with Gasteiger partial charge in [0.2, 0.25) is 0 Å². The highest BCUT2D eigenvalue weighted by molar-refractivity contribution is 6.30. The minimum atomic E-state index is -0.154. The number of halogens is 1. The van der Waals surface area contributed by atoms with Gasteiger partial charge in [-0.1, -0.05) is 49.2 Å². The van der Waals surface area contributed by atoms with Crippen LogP contribution in [0.4, 0.5) is 5.69 Å². The molecule has 3 aromatic rings. The van der Waals surface area contributed by atoms with E-state index in [0.29, 0.717) is 17.0 Å². The summed E-state index contributed by atoms with van der Waals surface area (Å²) < 4.78 is 5.19. The Morgan fingerprint density at radius 3 is 2.23 bits per heavy atom. The molecule has 0 aromatic heterocycles. The SMILES string of the molecule is CCCCc1ccc(NC(CC(=O)c2ccc(OC)cc2)c2ccc(Cl)cc2)cc1. The van der Waals surface area contributed by atoms with Crippen molar-refractivity contribution in [3.05, 3.63) is 94.5 Å². The van der Waals surface area contributed by atoms with Crippen LogP contribution in [0, 0.1) is 0 Å². The van der Waals surface area contributed by atoms with Gasteiger partial charge in [0.05, 0.1) is 13.2 Å². The van der Waals surface area contributed by atoms with Crippen LogP contribution in [0.25, 0.3) is 0 Å². The maximum atomic E-state index is 13.0. The van der Waals surface area contributed by atoms with E-state index in [-0.39, 0.29) is 11.8 Å². The molecule has 1 unspecified atom stereocenters. The topological polar surface area (TPSA) is 38.3 Å². The lowest BCUT2D eigenvalue weighted by Crippen LogP contribution is -2.16. The largest absolute Gasteiger partial charge is 0.497 e. The fourth-order valence-electron chi connectivity index (χ4n) is 3.38. The monoisotopic (exact) mass is 421 g/mol. The van der Waals surface area contributed by atoms with Crippen molar-refractivity contribution in [2.75, 3.05) is 12.4 Å². The quantitative estimate of drug-likeness (QED) is 0.354. The zero-order chi connectivity index (χ0) is 21.3. The molecule has 1 atom stereocenters. The van der Waals surface area contributed by atoms with Crippen LogP contribution in [0.2, 0.25) is 5.02 Å². The van der Waals surface area contributed by atoms with Gasteiger partial charge in [0.15, 0.2) is 5.78 Å². The van der Waals surface area contributed by atoms with Crippen LogP contribution in [0.1, 0.15) is 53.7 Å². The summed E-state index contributed by atoms with van der Waals surface area (Å²) in [5, 5.41) is 4.21. The number of ether oxygens (including phenoxy) is 1. The van der Waals surface area contributed by atoms with Crippen LogP contribution < -0.4 is 10.1 Å². The summed E-state index contributed by atoms with van der Waals surface area (Å²) >= 11 is 6.07. The average Bonchev–Trinajstić information content (AvgIpc) is 2.78. The van der Waals surface area contributed by atoms with Crippen molar-refractivity contribution in [2.24, 2.45) is 0 Å². The number of hydrogen-bond acceptors (Lipinski definition) is 3. The number of Topliss-reactive ketones (excluding diaryl/α,β-unsaturated/α-hetero) is 1. The molecule has 0 fully saturated rings. The van der Waals surface area contributed by atoms with E-state index in [4.69, 9.17) is 16.3 Å². The molecule has 0 spiro atoms. The van der Waals surface area contributed by atoms with Gasteiger partial charge >= 0.3 is 0 Å². The van der Waals surface area contributed by atoms with Crippen molar-refractivity contribution >= 4 is 23.1 Å². The highest BCUT2D eigenvalue weighted by atomic mass is 35.5. The lowest BCUT2D eigenvalue weighted by atomic mass is 9.97. The van der Waals surface area contributed by atoms with E-state index in [9.17, 15) is 4.79 Å². The van der Waals surface area contributed by atoms with E-state index in [1.165, 1.54) is 18.4 Å². The average molecular weight is 422 g/mol. The molecular formula is C26H28ClNO2. The Bertz CT molecular complexity index is 934. The molecule has 0 aliphatic heterocycles. The molecular weight excluding hydrogens is 394 g/mol. The third kappa shape index (κ3) is 6.11. The molecule has 3 aromatic carbocycles. The maximum absolute atomic E-state index is 13.0. The predicted molar refractivity (Wildman–Crippen MR) is 125 cm³/mol. The summed E-state index contributed by atoms with van der Waals surface area (Å²) in [6.07, 6.45) is 3.81. The predicted octanol–water partition coefficient (Wildman–Crippen LogP) is 7.12. The molecule has 0 amide bonds. The van der Waals surface area contributed by atoms with Gasteiger partial charge in [0, 0.05) is 22.7 Å². The first kappa shape index (κ1) is 21.9. The molecule has 1 N–H and O–H groups in total. The van der Waals surface area contributed by atoms with Crippen molar-refractivity contribution in [3.63, 3.8) is 0 Å². The molecule has 30 heavy (non-hydrogen) atoms. The summed E-state index contributed by atoms with van der Waals surface area (Å²) in [5.41, 5.74) is 4.03. The van der Waals surface area contributed by atoms with Crippen molar-refractivity contribution in [1.29, 1.82) is 0 Å². The van der Waals surface area contributed by atoms with Crippen molar-refractivity contribution < 1.29 is 9.53 Å². The van der Waals surface area contributed by atoms with Gasteiger partial charge in [0.25, 0.3) is 0 Å². The summed E-state index contributed by atoms with van der Waals surface area (Å²) in [4.78, 5) is 13.0. The van der Waals surface area contributed by atoms with Gasteiger partial charge in [-0.3, -0.25) is 4.79 Å². The number of carbonyl (C=O) groups excluding carboxylic acids is 1. The molecule has 0 aliphatic carbocycles.